The van der Waals surface area contributed by atoms with E-state index in [0.29, 0.717) is 13.2 Å². The molecule has 0 radical (unpaired) electrons. The summed E-state index contributed by atoms with van der Waals surface area (Å²) in [6.07, 6.45) is 1.99. The molecule has 158 valence electrons. The summed E-state index contributed by atoms with van der Waals surface area (Å²) in [6.45, 7) is 3.12. The lowest BCUT2D eigenvalue weighted by Crippen LogP contribution is -2.49. The number of hydrogen-bond acceptors (Lipinski definition) is 4. The van der Waals surface area contributed by atoms with Gasteiger partial charge in [-0.2, -0.15) is 0 Å². The smallest absolute Gasteiger partial charge is 0.426 e. The number of ether oxygens (including phenoxy) is 1. The van der Waals surface area contributed by atoms with Gasteiger partial charge in [0.25, 0.3) is 18.6 Å². The van der Waals surface area contributed by atoms with Crippen molar-refractivity contribution in [2.75, 3.05) is 13.2 Å². The highest BCUT2D eigenvalue weighted by Gasteiger charge is 2.36. The molecule has 5 rings (SSSR count). The monoisotopic (exact) mass is 419 g/mol. The first-order valence-corrected chi connectivity index (χ1v) is 10.3. The van der Waals surface area contributed by atoms with Crippen LogP contribution in [0.5, 0.6) is 5.75 Å². The molecular weight excluding hydrogens is 396 g/mol. The van der Waals surface area contributed by atoms with E-state index in [2.05, 4.69) is 26.9 Å². The number of H-pyrrole nitrogens is 2. The topological polar surface area (TPSA) is 95.2 Å². The SMILES string of the molecule is CCOc1ccc([C@@H]2c3[nH]c4ccccc4c3CCN2C(=O)C[n+]2cc(=O)o[nH]2)cc1. The first-order valence-electron chi connectivity index (χ1n) is 10.3. The van der Waals surface area contributed by atoms with E-state index >= 15 is 0 Å². The molecule has 8 heteroatoms. The molecule has 2 N–H and O–H groups in total. The van der Waals surface area contributed by atoms with Crippen molar-refractivity contribution in [1.29, 1.82) is 0 Å². The lowest BCUT2D eigenvalue weighted by atomic mass is 9.92. The van der Waals surface area contributed by atoms with Crippen LogP contribution in [-0.2, 0) is 17.8 Å². The number of nitrogens with zero attached hydrogens (tertiary/aromatic N) is 2. The minimum Gasteiger partial charge on any atom is -0.494 e. The molecule has 8 nitrogen and oxygen atoms in total. The van der Waals surface area contributed by atoms with Crippen molar-refractivity contribution in [1.82, 2.24) is 15.2 Å². The molecule has 1 atom stereocenters. The molecule has 4 aromatic rings. The fourth-order valence-electron chi connectivity index (χ4n) is 4.37. The van der Waals surface area contributed by atoms with Gasteiger partial charge in [-0.05, 0) is 47.9 Å². The minimum absolute atomic E-state index is 0.00513. The van der Waals surface area contributed by atoms with Gasteiger partial charge in [-0.25, -0.2) is 4.79 Å². The van der Waals surface area contributed by atoms with E-state index in [9.17, 15) is 9.59 Å². The number of aromatic nitrogens is 3. The van der Waals surface area contributed by atoms with Crippen molar-refractivity contribution in [3.05, 3.63) is 82.0 Å². The Morgan fingerprint density at radius 3 is 2.77 bits per heavy atom. The summed E-state index contributed by atoms with van der Waals surface area (Å²) in [4.78, 5) is 30.0. The predicted molar refractivity (Wildman–Crippen MR) is 113 cm³/mol. The van der Waals surface area contributed by atoms with Gasteiger partial charge in [0.15, 0.2) is 0 Å². The molecule has 1 aliphatic rings. The van der Waals surface area contributed by atoms with Crippen molar-refractivity contribution in [2.24, 2.45) is 0 Å². The summed E-state index contributed by atoms with van der Waals surface area (Å²) in [5, 5.41) is 3.64. The van der Waals surface area contributed by atoms with Crippen LogP contribution < -0.4 is 15.0 Å². The number of para-hydroxylation sites is 1. The standard InChI is InChI=1S/C23H22N4O4/c1-2-30-16-9-7-15(8-10-16)23-22-18(17-5-3-4-6-19(17)24-22)11-12-27(23)20(28)13-26-14-21(29)31-25-26/h3-10,14,23-24H,2,11-13H2,1H3/p+1/t23-/m1/s1. The summed E-state index contributed by atoms with van der Waals surface area (Å²) >= 11 is 0. The minimum atomic E-state index is -0.521. The molecule has 31 heavy (non-hydrogen) atoms. The fourth-order valence-corrected chi connectivity index (χ4v) is 4.37. The van der Waals surface area contributed by atoms with Crippen LogP contribution in [-0.4, -0.2) is 34.2 Å². The number of nitrogens with one attached hydrogen (secondary N) is 2. The Bertz CT molecular complexity index is 1280. The Balaban J connectivity index is 1.56. The van der Waals surface area contributed by atoms with Crippen LogP contribution in [0.4, 0.5) is 0 Å². The van der Waals surface area contributed by atoms with E-state index in [-0.39, 0.29) is 18.5 Å². The highest BCUT2D eigenvalue weighted by molar-refractivity contribution is 5.86. The maximum atomic E-state index is 13.3. The summed E-state index contributed by atoms with van der Waals surface area (Å²) in [5.41, 5.74) is 3.80. The van der Waals surface area contributed by atoms with Gasteiger partial charge in [0.1, 0.15) is 5.75 Å². The number of hydrogen-bond donors (Lipinski definition) is 2. The van der Waals surface area contributed by atoms with Crippen LogP contribution in [0.3, 0.4) is 0 Å². The third kappa shape index (κ3) is 3.50. The van der Waals surface area contributed by atoms with E-state index in [0.717, 1.165) is 28.9 Å². The molecule has 0 saturated carbocycles. The quantitative estimate of drug-likeness (QED) is 0.486. The number of carbonyl (C=O) groups excluding carboxylic acids is 1. The van der Waals surface area contributed by atoms with Gasteiger partial charge in [0, 0.05) is 23.1 Å². The predicted octanol–water partition coefficient (Wildman–Crippen LogP) is 2.31. The number of fused-ring (bicyclic) bond motifs is 3. The highest BCUT2D eigenvalue weighted by Crippen LogP contribution is 2.38. The Labute approximate surface area is 178 Å². The van der Waals surface area contributed by atoms with Crippen LogP contribution in [0, 0.1) is 0 Å². The van der Waals surface area contributed by atoms with Gasteiger partial charge in [0.2, 0.25) is 0 Å². The molecule has 2 aromatic heterocycles. The molecule has 2 aromatic carbocycles. The summed E-state index contributed by atoms with van der Waals surface area (Å²) < 4.78 is 11.6. The maximum absolute atomic E-state index is 13.3. The van der Waals surface area contributed by atoms with Crippen LogP contribution >= 0.6 is 0 Å². The van der Waals surface area contributed by atoms with E-state index in [1.807, 2.05) is 48.2 Å². The summed E-state index contributed by atoms with van der Waals surface area (Å²) in [6, 6.07) is 15.8. The van der Waals surface area contributed by atoms with Crippen molar-refractivity contribution in [3.63, 3.8) is 0 Å². The lowest BCUT2D eigenvalue weighted by Gasteiger charge is -2.35. The number of amides is 1. The molecule has 0 spiro atoms. The molecule has 3 heterocycles. The van der Waals surface area contributed by atoms with Crippen LogP contribution in [0.25, 0.3) is 10.9 Å². The average molecular weight is 419 g/mol. The zero-order chi connectivity index (χ0) is 21.4. The third-order valence-electron chi connectivity index (χ3n) is 5.69. The van der Waals surface area contributed by atoms with Gasteiger partial charge in [0.05, 0.1) is 12.6 Å². The molecule has 1 aliphatic heterocycles. The summed E-state index contributed by atoms with van der Waals surface area (Å²) in [5.74, 6) is 0.688. The lowest BCUT2D eigenvalue weighted by molar-refractivity contribution is -0.751. The number of benzene rings is 2. The largest absolute Gasteiger partial charge is 0.494 e. The van der Waals surface area contributed by atoms with Crippen molar-refractivity contribution in [3.8, 4) is 5.75 Å². The third-order valence-corrected chi connectivity index (χ3v) is 5.69. The first-order chi connectivity index (χ1) is 15.1. The molecule has 1 amide bonds. The number of aromatic amines is 2. The van der Waals surface area contributed by atoms with Gasteiger partial charge in [-0.3, -0.25) is 9.32 Å². The van der Waals surface area contributed by atoms with E-state index in [4.69, 9.17) is 4.74 Å². The van der Waals surface area contributed by atoms with E-state index in [1.54, 1.807) is 0 Å². The maximum Gasteiger partial charge on any atom is 0.426 e. The molecule has 0 saturated heterocycles. The Kier molecular flexibility index (Phi) is 4.82. The fraction of sp³-hybridized carbons (Fsp3) is 0.261. The molecular formula is C23H23N4O4+. The zero-order valence-corrected chi connectivity index (χ0v) is 17.1. The zero-order valence-electron chi connectivity index (χ0n) is 17.1. The number of rotatable bonds is 5. The van der Waals surface area contributed by atoms with Crippen molar-refractivity contribution < 1.29 is 18.7 Å². The normalized spacial score (nSPS) is 15.8. The van der Waals surface area contributed by atoms with Gasteiger partial charge in [-0.15, -0.1) is 0 Å². The number of carbonyl (C=O) groups is 1. The molecule has 0 unspecified atom stereocenters. The second-order valence-corrected chi connectivity index (χ2v) is 7.57. The van der Waals surface area contributed by atoms with Crippen molar-refractivity contribution in [2.45, 2.75) is 25.9 Å². The molecule has 0 aliphatic carbocycles. The second kappa shape index (κ2) is 7.79. The van der Waals surface area contributed by atoms with E-state index < -0.39 is 5.63 Å². The Morgan fingerprint density at radius 2 is 2.03 bits per heavy atom. The van der Waals surface area contributed by atoms with Gasteiger partial charge in [-0.1, -0.05) is 35.0 Å². The Hall–Kier alpha value is -3.81. The van der Waals surface area contributed by atoms with Gasteiger partial charge >= 0.3 is 5.63 Å². The highest BCUT2D eigenvalue weighted by atomic mass is 16.5. The average Bonchev–Trinajstić information content (AvgIpc) is 3.36. The van der Waals surface area contributed by atoms with Crippen LogP contribution in [0.2, 0.25) is 0 Å². The van der Waals surface area contributed by atoms with Crippen LogP contribution in [0.1, 0.15) is 29.8 Å². The van der Waals surface area contributed by atoms with Crippen molar-refractivity contribution >= 4 is 16.8 Å². The summed E-state index contributed by atoms with van der Waals surface area (Å²) in [7, 11) is 0. The van der Waals surface area contributed by atoms with Crippen LogP contribution in [0.15, 0.2) is 64.0 Å². The first kappa shape index (κ1) is 19.2. The Morgan fingerprint density at radius 1 is 1.23 bits per heavy atom. The molecule has 0 bridgehead atoms. The second-order valence-electron chi connectivity index (χ2n) is 7.57. The van der Waals surface area contributed by atoms with Gasteiger partial charge < -0.3 is 14.6 Å². The van der Waals surface area contributed by atoms with E-state index in [1.165, 1.54) is 21.8 Å². The molecule has 0 fully saturated rings.